The monoisotopic (exact) mass is 506 g/mol. The van der Waals surface area contributed by atoms with Gasteiger partial charge in [-0.2, -0.15) is 5.10 Å². The second kappa shape index (κ2) is 9.00. The zero-order chi connectivity index (χ0) is 24.8. The van der Waals surface area contributed by atoms with Crippen LogP contribution < -0.4 is 16.2 Å². The third-order valence-electron chi connectivity index (χ3n) is 7.81. The van der Waals surface area contributed by atoms with Crippen molar-refractivity contribution in [1.82, 2.24) is 15.1 Å². The molecule has 8 nitrogen and oxygen atoms in total. The van der Waals surface area contributed by atoms with Gasteiger partial charge in [-0.3, -0.25) is 9.59 Å². The van der Waals surface area contributed by atoms with Gasteiger partial charge in [0.1, 0.15) is 11.6 Å². The standard InChI is InChI=1S/C24H31ClN4O4S/c1-14-18-9-16(24(18,2)3)10-19(14)28-20-12-27-29(23(31)22(20)25)13-21(30)26-11-15-5-7-17(8-6-15)34(4,32)33/h5-8,12,14,16,18-19,28H,9-11,13H2,1-4H3,(H,26,30)/t14-,16+,18-,19-/m1/s1. The minimum absolute atomic E-state index is 0.0323. The van der Waals surface area contributed by atoms with Crippen molar-refractivity contribution in [3.05, 3.63) is 51.4 Å². The molecule has 3 fully saturated rings. The fourth-order valence-electron chi connectivity index (χ4n) is 5.47. The summed E-state index contributed by atoms with van der Waals surface area (Å²) in [5.41, 5.74) is 1.09. The maximum Gasteiger partial charge on any atom is 0.288 e. The van der Waals surface area contributed by atoms with Crippen LogP contribution in [0.5, 0.6) is 0 Å². The summed E-state index contributed by atoms with van der Waals surface area (Å²) in [7, 11) is -3.27. The number of hydrogen-bond acceptors (Lipinski definition) is 6. The number of fused-ring (bicyclic) bond motifs is 2. The second-order valence-electron chi connectivity index (χ2n) is 10.2. The number of amides is 1. The van der Waals surface area contributed by atoms with E-state index in [0.717, 1.165) is 22.9 Å². The van der Waals surface area contributed by atoms with Crippen molar-refractivity contribution in [2.24, 2.45) is 23.2 Å². The fraction of sp³-hybridized carbons (Fsp3) is 0.542. The first-order valence-electron chi connectivity index (χ1n) is 11.5. The van der Waals surface area contributed by atoms with Crippen LogP contribution in [0.15, 0.2) is 40.2 Å². The Morgan fingerprint density at radius 1 is 1.24 bits per heavy atom. The first-order valence-corrected chi connectivity index (χ1v) is 13.7. The number of rotatable bonds is 7. The topological polar surface area (TPSA) is 110 Å². The lowest BCUT2D eigenvalue weighted by atomic mass is 9.45. The van der Waals surface area contributed by atoms with Crippen molar-refractivity contribution in [2.45, 2.75) is 57.6 Å². The Balaban J connectivity index is 1.36. The molecule has 0 unspecified atom stereocenters. The first-order chi connectivity index (χ1) is 15.9. The van der Waals surface area contributed by atoms with E-state index in [1.165, 1.54) is 24.8 Å². The lowest BCUT2D eigenvalue weighted by Gasteiger charge is -2.62. The molecular formula is C24H31ClN4O4S. The van der Waals surface area contributed by atoms with Crippen LogP contribution in [0.2, 0.25) is 5.02 Å². The van der Waals surface area contributed by atoms with E-state index in [2.05, 4.69) is 36.5 Å². The third kappa shape index (κ3) is 4.73. The number of nitrogens with one attached hydrogen (secondary N) is 2. The molecule has 10 heteroatoms. The average molecular weight is 507 g/mol. The molecule has 3 aliphatic carbocycles. The van der Waals surface area contributed by atoms with Gasteiger partial charge in [-0.25, -0.2) is 13.1 Å². The molecule has 0 spiro atoms. The van der Waals surface area contributed by atoms with Gasteiger partial charge in [0, 0.05) is 18.8 Å². The van der Waals surface area contributed by atoms with E-state index in [0.29, 0.717) is 28.9 Å². The van der Waals surface area contributed by atoms with E-state index in [1.807, 2.05) is 0 Å². The number of hydrogen-bond donors (Lipinski definition) is 2. The summed E-state index contributed by atoms with van der Waals surface area (Å²) in [5.74, 6) is 1.39. The van der Waals surface area contributed by atoms with Crippen LogP contribution in [0.1, 0.15) is 39.2 Å². The third-order valence-corrected chi connectivity index (χ3v) is 9.31. The Hall–Kier alpha value is -2.39. The number of anilines is 1. The van der Waals surface area contributed by atoms with Crippen LogP contribution >= 0.6 is 11.6 Å². The molecule has 3 aliphatic rings. The van der Waals surface area contributed by atoms with Gasteiger partial charge in [0.15, 0.2) is 9.84 Å². The Morgan fingerprint density at radius 2 is 1.91 bits per heavy atom. The van der Waals surface area contributed by atoms with Gasteiger partial charge in [-0.15, -0.1) is 0 Å². The number of carbonyl (C=O) groups excluding carboxylic acids is 1. The summed E-state index contributed by atoms with van der Waals surface area (Å²) in [6.45, 7) is 6.86. The highest BCUT2D eigenvalue weighted by Crippen LogP contribution is 2.61. The van der Waals surface area contributed by atoms with E-state index in [1.54, 1.807) is 12.1 Å². The van der Waals surface area contributed by atoms with Crippen LogP contribution in [0.4, 0.5) is 5.69 Å². The molecule has 2 aromatic rings. The van der Waals surface area contributed by atoms with Crippen LogP contribution in [-0.4, -0.2) is 36.4 Å². The largest absolute Gasteiger partial charge is 0.379 e. The molecule has 1 heterocycles. The number of nitrogens with zero attached hydrogens (tertiary/aromatic N) is 2. The smallest absolute Gasteiger partial charge is 0.288 e. The number of benzene rings is 1. The van der Waals surface area contributed by atoms with E-state index in [9.17, 15) is 18.0 Å². The van der Waals surface area contributed by atoms with E-state index in [4.69, 9.17) is 11.6 Å². The molecule has 0 radical (unpaired) electrons. The van der Waals surface area contributed by atoms with Crippen LogP contribution in [0.3, 0.4) is 0 Å². The molecule has 4 atom stereocenters. The van der Waals surface area contributed by atoms with Crippen molar-refractivity contribution >= 4 is 33.0 Å². The van der Waals surface area contributed by atoms with Gasteiger partial charge in [0.05, 0.1) is 16.8 Å². The summed E-state index contributed by atoms with van der Waals surface area (Å²) in [5, 5.41) is 10.3. The van der Waals surface area contributed by atoms with Crippen molar-refractivity contribution < 1.29 is 13.2 Å². The lowest BCUT2D eigenvalue weighted by molar-refractivity contribution is -0.122. The van der Waals surface area contributed by atoms with E-state index in [-0.39, 0.29) is 29.0 Å². The first kappa shape index (κ1) is 24.7. The SMILES string of the molecule is C[C@@H]1[C@H]2C[C@@H](C[C@H]1Nc1cnn(CC(=O)NCc3ccc(S(C)(=O)=O)cc3)c(=O)c1Cl)C2(C)C. The van der Waals surface area contributed by atoms with Crippen LogP contribution in [0, 0.1) is 23.2 Å². The van der Waals surface area contributed by atoms with E-state index < -0.39 is 21.3 Å². The summed E-state index contributed by atoms with van der Waals surface area (Å²) >= 11 is 6.36. The number of carbonyl (C=O) groups is 1. The Labute approximate surface area is 205 Å². The summed E-state index contributed by atoms with van der Waals surface area (Å²) in [6, 6.07) is 6.49. The van der Waals surface area contributed by atoms with Crippen LogP contribution in [-0.2, 0) is 27.7 Å². The van der Waals surface area contributed by atoms with E-state index >= 15 is 0 Å². The van der Waals surface area contributed by atoms with Gasteiger partial charge in [-0.1, -0.05) is 44.5 Å². The van der Waals surface area contributed by atoms with Gasteiger partial charge in [0.25, 0.3) is 5.56 Å². The predicted molar refractivity (Wildman–Crippen MR) is 131 cm³/mol. The molecule has 5 rings (SSSR count). The minimum atomic E-state index is -3.27. The average Bonchev–Trinajstić information content (AvgIpc) is 2.78. The summed E-state index contributed by atoms with van der Waals surface area (Å²) in [6.07, 6.45) is 4.95. The summed E-state index contributed by atoms with van der Waals surface area (Å²) in [4.78, 5) is 25.3. The normalized spacial score (nSPS) is 25.3. The number of sulfone groups is 1. The minimum Gasteiger partial charge on any atom is -0.379 e. The van der Waals surface area contributed by atoms with Gasteiger partial charge >= 0.3 is 0 Å². The molecule has 1 aromatic carbocycles. The fourth-order valence-corrected chi connectivity index (χ4v) is 6.30. The highest BCUT2D eigenvalue weighted by molar-refractivity contribution is 7.90. The van der Waals surface area contributed by atoms with Gasteiger partial charge in [0.2, 0.25) is 5.91 Å². The Morgan fingerprint density at radius 3 is 2.50 bits per heavy atom. The highest BCUT2D eigenvalue weighted by Gasteiger charge is 2.56. The van der Waals surface area contributed by atoms with Crippen LogP contribution in [0.25, 0.3) is 0 Å². The highest BCUT2D eigenvalue weighted by atomic mass is 35.5. The van der Waals surface area contributed by atoms with Crippen molar-refractivity contribution in [1.29, 1.82) is 0 Å². The molecule has 2 bridgehead atoms. The molecule has 184 valence electrons. The molecule has 2 N–H and O–H groups in total. The molecule has 3 saturated carbocycles. The Kier molecular flexibility index (Phi) is 6.54. The Bertz CT molecular complexity index is 1260. The summed E-state index contributed by atoms with van der Waals surface area (Å²) < 4.78 is 24.1. The van der Waals surface area contributed by atoms with Gasteiger partial charge in [-0.05, 0) is 53.7 Å². The number of aromatic nitrogens is 2. The number of halogens is 1. The lowest BCUT2D eigenvalue weighted by Crippen LogP contribution is -2.58. The molecule has 0 aliphatic heterocycles. The van der Waals surface area contributed by atoms with Crippen molar-refractivity contribution in [3.8, 4) is 0 Å². The zero-order valence-electron chi connectivity index (χ0n) is 19.8. The molecule has 0 saturated heterocycles. The molecular weight excluding hydrogens is 476 g/mol. The molecule has 1 aromatic heterocycles. The second-order valence-corrected chi connectivity index (χ2v) is 12.6. The maximum atomic E-state index is 12.7. The molecule has 1 amide bonds. The zero-order valence-corrected chi connectivity index (χ0v) is 21.4. The van der Waals surface area contributed by atoms with Gasteiger partial charge < -0.3 is 10.6 Å². The van der Waals surface area contributed by atoms with Crippen molar-refractivity contribution in [2.75, 3.05) is 11.6 Å². The maximum absolute atomic E-state index is 12.7. The quantitative estimate of drug-likeness (QED) is 0.597. The molecule has 34 heavy (non-hydrogen) atoms. The predicted octanol–water partition coefficient (Wildman–Crippen LogP) is 3.10. The van der Waals surface area contributed by atoms with Crippen molar-refractivity contribution in [3.63, 3.8) is 0 Å².